The zero-order valence-corrected chi connectivity index (χ0v) is 9.53. The van der Waals surface area contributed by atoms with E-state index in [1.54, 1.807) is 13.0 Å². The van der Waals surface area contributed by atoms with Gasteiger partial charge in [0.15, 0.2) is 0 Å². The summed E-state index contributed by atoms with van der Waals surface area (Å²) in [6, 6.07) is 0. The van der Waals surface area contributed by atoms with E-state index in [-0.39, 0.29) is 5.97 Å². The first-order valence-electron chi connectivity index (χ1n) is 5.70. The minimum absolute atomic E-state index is 0.270. The molecule has 0 radical (unpaired) electrons. The molecule has 0 spiro atoms. The molecule has 0 fully saturated rings. The summed E-state index contributed by atoms with van der Waals surface area (Å²) in [6.45, 7) is 4.17. The molecule has 0 saturated carbocycles. The van der Waals surface area contributed by atoms with Gasteiger partial charge in [-0.15, -0.1) is 0 Å². The Hall–Kier alpha value is -0.830. The summed E-state index contributed by atoms with van der Waals surface area (Å²) in [7, 11) is 0. The molecule has 1 rings (SSSR count). The van der Waals surface area contributed by atoms with Crippen molar-refractivity contribution in [3.05, 3.63) is 12.2 Å². The van der Waals surface area contributed by atoms with Crippen LogP contribution in [0.25, 0.3) is 0 Å². The van der Waals surface area contributed by atoms with Crippen molar-refractivity contribution in [2.75, 3.05) is 6.61 Å². The molecule has 0 heterocycles. The second kappa shape index (κ2) is 5.31. The number of hydrogen-bond donors (Lipinski definition) is 1. The zero-order valence-electron chi connectivity index (χ0n) is 9.53. The Morgan fingerprint density at radius 2 is 2.33 bits per heavy atom. The van der Waals surface area contributed by atoms with E-state index in [4.69, 9.17) is 4.74 Å². The van der Waals surface area contributed by atoms with E-state index < -0.39 is 11.5 Å². The lowest BCUT2D eigenvalue weighted by Gasteiger charge is -2.29. The minimum atomic E-state index is -0.970. The number of carbonyl (C=O) groups excluding carboxylic acids is 1. The minimum Gasteiger partial charge on any atom is -0.466 e. The maximum atomic E-state index is 11.7. The van der Waals surface area contributed by atoms with Crippen LogP contribution in [0.4, 0.5) is 0 Å². The van der Waals surface area contributed by atoms with E-state index >= 15 is 0 Å². The Bertz CT molecular complexity index is 247. The first-order chi connectivity index (χ1) is 7.14. The summed E-state index contributed by atoms with van der Waals surface area (Å²) in [5.74, 6) is -0.672. The molecule has 1 N–H and O–H groups in total. The lowest BCUT2D eigenvalue weighted by molar-refractivity contribution is -0.156. The Morgan fingerprint density at radius 1 is 1.60 bits per heavy atom. The van der Waals surface area contributed by atoms with E-state index in [1.165, 1.54) is 0 Å². The smallest absolute Gasteiger partial charge is 0.312 e. The average Bonchev–Trinajstić information content (AvgIpc) is 2.62. The molecular weight excluding hydrogens is 192 g/mol. The van der Waals surface area contributed by atoms with Crippen molar-refractivity contribution in [3.8, 4) is 0 Å². The third kappa shape index (κ3) is 2.81. The number of esters is 1. The van der Waals surface area contributed by atoms with Crippen molar-refractivity contribution in [1.29, 1.82) is 0 Å². The fraction of sp³-hybridized carbons (Fsp3) is 0.750. The van der Waals surface area contributed by atoms with Gasteiger partial charge in [-0.1, -0.05) is 25.5 Å². The molecular formula is C12H20O3. The van der Waals surface area contributed by atoms with E-state index in [2.05, 4.69) is 0 Å². The van der Waals surface area contributed by atoms with Crippen LogP contribution in [0.2, 0.25) is 0 Å². The first kappa shape index (κ1) is 12.2. The van der Waals surface area contributed by atoms with E-state index in [0.717, 1.165) is 12.8 Å². The van der Waals surface area contributed by atoms with Crippen LogP contribution >= 0.6 is 0 Å². The third-order valence-electron chi connectivity index (χ3n) is 2.87. The van der Waals surface area contributed by atoms with Crippen LogP contribution in [-0.2, 0) is 9.53 Å². The summed E-state index contributed by atoms with van der Waals surface area (Å²) < 4.78 is 5.00. The van der Waals surface area contributed by atoms with Crippen LogP contribution in [0.15, 0.2) is 12.2 Å². The van der Waals surface area contributed by atoms with Gasteiger partial charge in [-0.3, -0.25) is 4.79 Å². The summed E-state index contributed by atoms with van der Waals surface area (Å²) in [5, 5.41) is 10.3. The maximum Gasteiger partial charge on any atom is 0.312 e. The number of ether oxygens (including phenoxy) is 1. The van der Waals surface area contributed by atoms with Gasteiger partial charge in [-0.25, -0.2) is 0 Å². The molecule has 0 saturated heterocycles. The van der Waals surface area contributed by atoms with Gasteiger partial charge in [0.2, 0.25) is 0 Å². The number of carbonyl (C=O) groups is 1. The van der Waals surface area contributed by atoms with Crippen molar-refractivity contribution in [3.63, 3.8) is 0 Å². The highest BCUT2D eigenvalue weighted by molar-refractivity contribution is 5.74. The SMILES string of the molecule is CCCC(C(=O)OCC)C1(O)C=CCC1. The number of rotatable bonds is 5. The lowest BCUT2D eigenvalue weighted by Crippen LogP contribution is -2.40. The van der Waals surface area contributed by atoms with Gasteiger partial charge in [0.1, 0.15) is 0 Å². The second-order valence-electron chi connectivity index (χ2n) is 4.03. The average molecular weight is 212 g/mol. The van der Waals surface area contributed by atoms with Crippen LogP contribution in [-0.4, -0.2) is 23.3 Å². The molecule has 1 aliphatic rings. The first-order valence-corrected chi connectivity index (χ1v) is 5.70. The molecule has 2 atom stereocenters. The highest BCUT2D eigenvalue weighted by Crippen LogP contribution is 2.33. The molecule has 3 heteroatoms. The van der Waals surface area contributed by atoms with Gasteiger partial charge in [0, 0.05) is 0 Å². The van der Waals surface area contributed by atoms with Crippen LogP contribution in [0.1, 0.15) is 39.5 Å². The van der Waals surface area contributed by atoms with E-state index in [9.17, 15) is 9.90 Å². The van der Waals surface area contributed by atoms with Gasteiger partial charge in [-0.2, -0.15) is 0 Å². The molecule has 1 aliphatic carbocycles. The Labute approximate surface area is 91.1 Å². The fourth-order valence-electron chi connectivity index (χ4n) is 2.08. The zero-order chi connectivity index (χ0) is 11.3. The van der Waals surface area contributed by atoms with Crippen molar-refractivity contribution in [2.45, 2.75) is 45.1 Å². The predicted molar refractivity (Wildman–Crippen MR) is 58.4 cm³/mol. The van der Waals surface area contributed by atoms with Crippen molar-refractivity contribution >= 4 is 5.97 Å². The highest BCUT2D eigenvalue weighted by Gasteiger charge is 2.40. The van der Waals surface area contributed by atoms with Crippen LogP contribution < -0.4 is 0 Å². The van der Waals surface area contributed by atoms with Crippen LogP contribution in [0.5, 0.6) is 0 Å². The fourth-order valence-corrected chi connectivity index (χ4v) is 2.08. The predicted octanol–water partition coefficient (Wildman–Crippen LogP) is 2.05. The quantitative estimate of drug-likeness (QED) is 0.560. The molecule has 0 aromatic heterocycles. The van der Waals surface area contributed by atoms with Gasteiger partial charge in [0.25, 0.3) is 0 Å². The van der Waals surface area contributed by atoms with E-state index in [1.807, 2.05) is 13.0 Å². The molecule has 0 aromatic carbocycles. The summed E-state index contributed by atoms with van der Waals surface area (Å²) in [4.78, 5) is 11.7. The van der Waals surface area contributed by atoms with Crippen molar-refractivity contribution in [1.82, 2.24) is 0 Å². The molecule has 15 heavy (non-hydrogen) atoms. The van der Waals surface area contributed by atoms with E-state index in [0.29, 0.717) is 19.4 Å². The van der Waals surface area contributed by atoms with Gasteiger partial charge in [0.05, 0.1) is 18.1 Å². The van der Waals surface area contributed by atoms with Crippen molar-refractivity contribution < 1.29 is 14.6 Å². The van der Waals surface area contributed by atoms with Crippen LogP contribution in [0, 0.1) is 5.92 Å². The highest BCUT2D eigenvalue weighted by atomic mass is 16.5. The number of aliphatic hydroxyl groups is 1. The Balaban J connectivity index is 2.72. The summed E-state index contributed by atoms with van der Waals surface area (Å²) >= 11 is 0. The molecule has 0 aromatic rings. The largest absolute Gasteiger partial charge is 0.466 e. The second-order valence-corrected chi connectivity index (χ2v) is 4.03. The standard InChI is InChI=1S/C12H20O3/c1-3-7-10(11(13)15-4-2)12(14)8-5-6-9-12/h5,8,10,14H,3-4,6-7,9H2,1-2H3. The normalized spacial score (nSPS) is 26.6. The maximum absolute atomic E-state index is 11.7. The van der Waals surface area contributed by atoms with Crippen molar-refractivity contribution in [2.24, 2.45) is 5.92 Å². The summed E-state index contributed by atoms with van der Waals surface area (Å²) in [6.07, 6.45) is 6.72. The molecule has 2 unspecified atom stereocenters. The summed E-state index contributed by atoms with van der Waals surface area (Å²) in [5.41, 5.74) is -0.970. The van der Waals surface area contributed by atoms with Gasteiger partial charge >= 0.3 is 5.97 Å². The van der Waals surface area contributed by atoms with Crippen LogP contribution in [0.3, 0.4) is 0 Å². The molecule has 3 nitrogen and oxygen atoms in total. The lowest BCUT2D eigenvalue weighted by atomic mass is 9.83. The van der Waals surface area contributed by atoms with Gasteiger partial charge in [-0.05, 0) is 26.2 Å². The molecule has 86 valence electrons. The molecule has 0 amide bonds. The molecule has 0 aliphatic heterocycles. The number of allylic oxidation sites excluding steroid dienone is 1. The monoisotopic (exact) mass is 212 g/mol. The Kier molecular flexibility index (Phi) is 4.33. The van der Waals surface area contributed by atoms with Gasteiger partial charge < -0.3 is 9.84 Å². The third-order valence-corrected chi connectivity index (χ3v) is 2.87. The topological polar surface area (TPSA) is 46.5 Å². The number of hydrogen-bond acceptors (Lipinski definition) is 3. The molecule has 0 bridgehead atoms. The Morgan fingerprint density at radius 3 is 2.80 bits per heavy atom.